The highest BCUT2D eigenvalue weighted by Crippen LogP contribution is 2.34. The van der Waals surface area contributed by atoms with E-state index in [0.717, 1.165) is 30.6 Å². The number of aromatic nitrogens is 2. The lowest BCUT2D eigenvalue weighted by atomic mass is 9.94. The minimum Gasteiger partial charge on any atom is -0.292 e. The summed E-state index contributed by atoms with van der Waals surface area (Å²) >= 11 is 0. The Morgan fingerprint density at radius 3 is 2.58 bits per heavy atom. The average molecular weight is 325 g/mol. The number of benzene rings is 2. The maximum atomic E-state index is 13.3. The van der Waals surface area contributed by atoms with E-state index in [1.54, 1.807) is 10.7 Å². The minimum absolute atomic E-state index is 0.207. The van der Waals surface area contributed by atoms with E-state index >= 15 is 0 Å². The summed E-state index contributed by atoms with van der Waals surface area (Å²) in [6.07, 6.45) is 4.81. The standard InChI is InChI=1S/C19H17F2N3/c20-16-6-4-15(5-7-16)19-8-9-23(19)12-14-11-22-24(13-14)18-3-1-2-17(21)10-18/h1-7,10-11,13,19H,8-9,12H2. The molecule has 1 unspecified atom stereocenters. The Bertz CT molecular complexity index is 842. The van der Waals surface area contributed by atoms with E-state index < -0.39 is 0 Å². The molecule has 1 fully saturated rings. The number of hydrogen-bond acceptors (Lipinski definition) is 2. The molecule has 5 heteroatoms. The van der Waals surface area contributed by atoms with Crippen LogP contribution in [-0.2, 0) is 6.54 Å². The third-order valence-corrected chi connectivity index (χ3v) is 4.48. The van der Waals surface area contributed by atoms with Gasteiger partial charge in [0.1, 0.15) is 11.6 Å². The van der Waals surface area contributed by atoms with Gasteiger partial charge in [0.2, 0.25) is 0 Å². The molecular weight excluding hydrogens is 308 g/mol. The number of halogens is 2. The van der Waals surface area contributed by atoms with Crippen molar-refractivity contribution in [3.05, 3.63) is 83.7 Å². The van der Waals surface area contributed by atoms with E-state index in [9.17, 15) is 8.78 Å². The number of nitrogens with zero attached hydrogens (tertiary/aromatic N) is 3. The van der Waals surface area contributed by atoms with Crippen LogP contribution >= 0.6 is 0 Å². The molecule has 2 heterocycles. The first-order valence-electron chi connectivity index (χ1n) is 7.98. The van der Waals surface area contributed by atoms with Crippen LogP contribution in [0.1, 0.15) is 23.6 Å². The van der Waals surface area contributed by atoms with Gasteiger partial charge in [-0.15, -0.1) is 0 Å². The quantitative estimate of drug-likeness (QED) is 0.720. The first kappa shape index (κ1) is 15.0. The Balaban J connectivity index is 1.47. The van der Waals surface area contributed by atoms with Gasteiger partial charge in [0, 0.05) is 30.9 Å². The van der Waals surface area contributed by atoms with E-state index in [0.29, 0.717) is 11.7 Å². The Morgan fingerprint density at radius 2 is 1.88 bits per heavy atom. The zero-order valence-electron chi connectivity index (χ0n) is 13.1. The zero-order valence-corrected chi connectivity index (χ0v) is 13.1. The molecule has 4 rings (SSSR count). The summed E-state index contributed by atoms with van der Waals surface area (Å²) in [5.41, 5.74) is 2.92. The Labute approximate surface area is 139 Å². The van der Waals surface area contributed by atoms with Crippen LogP contribution in [-0.4, -0.2) is 21.2 Å². The second-order valence-electron chi connectivity index (χ2n) is 6.10. The molecule has 1 saturated heterocycles. The van der Waals surface area contributed by atoms with Crippen LogP contribution in [0.25, 0.3) is 5.69 Å². The molecule has 0 amide bonds. The van der Waals surface area contributed by atoms with Gasteiger partial charge in [-0.25, -0.2) is 13.5 Å². The molecule has 3 aromatic rings. The lowest BCUT2D eigenvalue weighted by Gasteiger charge is -2.41. The van der Waals surface area contributed by atoms with Crippen molar-refractivity contribution in [3.8, 4) is 5.69 Å². The first-order valence-corrected chi connectivity index (χ1v) is 7.98. The van der Waals surface area contributed by atoms with Gasteiger partial charge in [0.25, 0.3) is 0 Å². The summed E-state index contributed by atoms with van der Waals surface area (Å²) in [5, 5.41) is 4.32. The van der Waals surface area contributed by atoms with Crippen LogP contribution < -0.4 is 0 Å². The van der Waals surface area contributed by atoms with Gasteiger partial charge in [0.15, 0.2) is 0 Å². The van der Waals surface area contributed by atoms with Gasteiger partial charge in [-0.3, -0.25) is 4.90 Å². The SMILES string of the molecule is Fc1ccc(C2CCN2Cc2cnn(-c3cccc(F)c3)c2)cc1. The second-order valence-corrected chi connectivity index (χ2v) is 6.10. The molecule has 2 aromatic carbocycles. The van der Waals surface area contributed by atoms with E-state index in [1.165, 1.54) is 24.3 Å². The van der Waals surface area contributed by atoms with Gasteiger partial charge >= 0.3 is 0 Å². The average Bonchev–Trinajstić information content (AvgIpc) is 3.03. The molecule has 1 aromatic heterocycles. The number of likely N-dealkylation sites (tertiary alicyclic amines) is 1. The molecule has 1 aliphatic rings. The summed E-state index contributed by atoms with van der Waals surface area (Å²) in [7, 11) is 0. The maximum Gasteiger partial charge on any atom is 0.125 e. The topological polar surface area (TPSA) is 21.1 Å². The third-order valence-electron chi connectivity index (χ3n) is 4.48. The maximum absolute atomic E-state index is 13.3. The van der Waals surface area contributed by atoms with Gasteiger partial charge in [-0.2, -0.15) is 5.10 Å². The molecule has 0 saturated carbocycles. The molecule has 0 bridgehead atoms. The lowest BCUT2D eigenvalue weighted by Crippen LogP contribution is -2.40. The summed E-state index contributed by atoms with van der Waals surface area (Å²) in [5.74, 6) is -0.482. The fourth-order valence-electron chi connectivity index (χ4n) is 3.13. The van der Waals surface area contributed by atoms with Gasteiger partial charge in [0.05, 0.1) is 11.9 Å². The van der Waals surface area contributed by atoms with E-state index in [4.69, 9.17) is 0 Å². The normalized spacial score (nSPS) is 17.7. The van der Waals surface area contributed by atoms with E-state index in [-0.39, 0.29) is 11.6 Å². The first-order chi connectivity index (χ1) is 11.7. The Morgan fingerprint density at radius 1 is 1.04 bits per heavy atom. The summed E-state index contributed by atoms with van der Waals surface area (Å²) < 4.78 is 28.1. The summed E-state index contributed by atoms with van der Waals surface area (Å²) in [6.45, 7) is 1.78. The lowest BCUT2D eigenvalue weighted by molar-refractivity contribution is 0.0818. The molecular formula is C19H17F2N3. The molecule has 0 aliphatic carbocycles. The number of hydrogen-bond donors (Lipinski definition) is 0. The molecule has 1 atom stereocenters. The number of rotatable bonds is 4. The highest BCUT2D eigenvalue weighted by atomic mass is 19.1. The fourth-order valence-corrected chi connectivity index (χ4v) is 3.13. The molecule has 0 N–H and O–H groups in total. The van der Waals surface area contributed by atoms with Gasteiger partial charge in [-0.05, 0) is 42.3 Å². The molecule has 0 spiro atoms. The van der Waals surface area contributed by atoms with E-state index in [2.05, 4.69) is 10.00 Å². The van der Waals surface area contributed by atoms with Gasteiger partial charge in [-0.1, -0.05) is 18.2 Å². The van der Waals surface area contributed by atoms with Crippen LogP contribution in [0.2, 0.25) is 0 Å². The summed E-state index contributed by atoms with van der Waals surface area (Å²) in [4.78, 5) is 2.33. The van der Waals surface area contributed by atoms with Crippen molar-refractivity contribution in [1.29, 1.82) is 0 Å². The molecule has 3 nitrogen and oxygen atoms in total. The Kier molecular flexibility index (Phi) is 3.86. The second kappa shape index (κ2) is 6.17. The Hall–Kier alpha value is -2.53. The van der Waals surface area contributed by atoms with Crippen molar-refractivity contribution in [2.24, 2.45) is 0 Å². The minimum atomic E-state index is -0.274. The summed E-state index contributed by atoms with van der Waals surface area (Å²) in [6, 6.07) is 13.4. The smallest absolute Gasteiger partial charge is 0.125 e. The van der Waals surface area contributed by atoms with Gasteiger partial charge < -0.3 is 0 Å². The van der Waals surface area contributed by atoms with Crippen LogP contribution in [0.5, 0.6) is 0 Å². The molecule has 24 heavy (non-hydrogen) atoms. The fraction of sp³-hybridized carbons (Fsp3) is 0.211. The molecule has 0 radical (unpaired) electrons. The van der Waals surface area contributed by atoms with Crippen LogP contribution in [0.3, 0.4) is 0 Å². The zero-order chi connectivity index (χ0) is 16.5. The highest BCUT2D eigenvalue weighted by molar-refractivity contribution is 5.32. The van der Waals surface area contributed by atoms with Crippen LogP contribution in [0, 0.1) is 11.6 Å². The molecule has 122 valence electrons. The predicted molar refractivity (Wildman–Crippen MR) is 87.7 cm³/mol. The third kappa shape index (κ3) is 2.95. The predicted octanol–water partition coefficient (Wildman–Crippen LogP) is 4.10. The molecule has 1 aliphatic heterocycles. The highest BCUT2D eigenvalue weighted by Gasteiger charge is 2.29. The van der Waals surface area contributed by atoms with Crippen molar-refractivity contribution in [2.45, 2.75) is 19.0 Å². The van der Waals surface area contributed by atoms with Crippen molar-refractivity contribution >= 4 is 0 Å². The van der Waals surface area contributed by atoms with Crippen LogP contribution in [0.15, 0.2) is 60.9 Å². The monoisotopic (exact) mass is 325 g/mol. The van der Waals surface area contributed by atoms with Crippen molar-refractivity contribution in [1.82, 2.24) is 14.7 Å². The van der Waals surface area contributed by atoms with Crippen molar-refractivity contribution in [3.63, 3.8) is 0 Å². The van der Waals surface area contributed by atoms with Crippen LogP contribution in [0.4, 0.5) is 8.78 Å². The van der Waals surface area contributed by atoms with Crippen molar-refractivity contribution < 1.29 is 8.78 Å². The van der Waals surface area contributed by atoms with E-state index in [1.807, 2.05) is 30.6 Å². The largest absolute Gasteiger partial charge is 0.292 e. The van der Waals surface area contributed by atoms with Crippen molar-refractivity contribution in [2.75, 3.05) is 6.54 Å².